The molecule has 0 radical (unpaired) electrons. The molecule has 2 atom stereocenters. The van der Waals surface area contributed by atoms with Crippen molar-refractivity contribution in [3.63, 3.8) is 0 Å². The van der Waals surface area contributed by atoms with Crippen LogP contribution in [0.15, 0.2) is 4.40 Å². The summed E-state index contributed by atoms with van der Waals surface area (Å²) in [7, 11) is -3.79. The van der Waals surface area contributed by atoms with Crippen LogP contribution in [0, 0.1) is 16.7 Å². The van der Waals surface area contributed by atoms with Crippen LogP contribution in [0.5, 0.6) is 0 Å². The van der Waals surface area contributed by atoms with E-state index in [1.54, 1.807) is 0 Å². The van der Waals surface area contributed by atoms with Gasteiger partial charge in [-0.1, -0.05) is 13.8 Å². The molecule has 2 aliphatic rings. The van der Waals surface area contributed by atoms with Crippen LogP contribution in [0.2, 0.25) is 0 Å². The first-order chi connectivity index (χ1) is 8.11. The van der Waals surface area contributed by atoms with Crippen LogP contribution in [0.1, 0.15) is 33.1 Å². The summed E-state index contributed by atoms with van der Waals surface area (Å²) in [5.41, 5.74) is 9.12. The van der Waals surface area contributed by atoms with E-state index in [4.69, 9.17) is 11.5 Å². The molecule has 6 nitrogen and oxygen atoms in total. The third kappa shape index (κ3) is 1.72. The van der Waals surface area contributed by atoms with Crippen molar-refractivity contribution in [3.8, 4) is 0 Å². The molecule has 0 aromatic rings. The minimum atomic E-state index is -3.79. The van der Waals surface area contributed by atoms with Crippen LogP contribution in [0.4, 0.5) is 0 Å². The largest absolute Gasteiger partial charge is 0.369 e. The van der Waals surface area contributed by atoms with Crippen molar-refractivity contribution in [3.05, 3.63) is 0 Å². The molecule has 102 valence electrons. The van der Waals surface area contributed by atoms with E-state index in [-0.39, 0.29) is 22.9 Å². The monoisotopic (exact) mass is 273 g/mol. The first-order valence-corrected chi connectivity index (χ1v) is 7.58. The number of nitrogens with two attached hydrogens (primary N) is 2. The molecule has 2 bridgehead atoms. The molecule has 4 N–H and O–H groups in total. The Morgan fingerprint density at radius 2 is 2.06 bits per heavy atom. The molecule has 7 heteroatoms. The molecule has 2 fully saturated rings. The molecule has 0 spiro atoms. The van der Waals surface area contributed by atoms with Gasteiger partial charge in [0.2, 0.25) is 5.96 Å². The number of Topliss-reactive ketones (excluding diaryl/α,β-unsaturated/α-hetero) is 1. The second-order valence-electron chi connectivity index (χ2n) is 5.91. The highest BCUT2D eigenvalue weighted by Gasteiger charge is 2.65. The minimum Gasteiger partial charge on any atom is -0.369 e. The number of carbonyl (C=O) groups is 1. The lowest BCUT2D eigenvalue weighted by Crippen LogP contribution is -2.42. The maximum Gasteiger partial charge on any atom is 0.257 e. The quantitative estimate of drug-likeness (QED) is 0.554. The summed E-state index contributed by atoms with van der Waals surface area (Å²) in [6, 6.07) is 0. The highest BCUT2D eigenvalue weighted by atomic mass is 32.2. The van der Waals surface area contributed by atoms with Crippen LogP contribution < -0.4 is 11.5 Å². The molecule has 0 unspecified atom stereocenters. The lowest BCUT2D eigenvalue weighted by atomic mass is 9.70. The van der Waals surface area contributed by atoms with E-state index in [9.17, 15) is 13.2 Å². The number of fused-ring (bicyclic) bond motifs is 2. The van der Waals surface area contributed by atoms with Gasteiger partial charge in [0.15, 0.2) is 0 Å². The average Bonchev–Trinajstić information content (AvgIpc) is 2.48. The van der Waals surface area contributed by atoms with Gasteiger partial charge in [-0.2, -0.15) is 0 Å². The van der Waals surface area contributed by atoms with Crippen molar-refractivity contribution >= 4 is 21.8 Å². The predicted molar refractivity (Wildman–Crippen MR) is 68.2 cm³/mol. The lowest BCUT2D eigenvalue weighted by Gasteiger charge is -2.35. The third-order valence-electron chi connectivity index (χ3n) is 4.81. The Bertz CT molecular complexity index is 520. The lowest BCUT2D eigenvalue weighted by molar-refractivity contribution is -0.128. The van der Waals surface area contributed by atoms with Crippen molar-refractivity contribution in [2.24, 2.45) is 32.6 Å². The minimum absolute atomic E-state index is 0.0399. The van der Waals surface area contributed by atoms with Gasteiger partial charge >= 0.3 is 0 Å². The van der Waals surface area contributed by atoms with E-state index < -0.39 is 21.4 Å². The summed E-state index contributed by atoms with van der Waals surface area (Å²) in [5, 5.41) is 0. The van der Waals surface area contributed by atoms with Crippen LogP contribution in [-0.2, 0) is 14.8 Å². The smallest absolute Gasteiger partial charge is 0.257 e. The van der Waals surface area contributed by atoms with E-state index in [0.29, 0.717) is 12.8 Å². The zero-order valence-corrected chi connectivity index (χ0v) is 11.5. The fourth-order valence-electron chi connectivity index (χ4n) is 3.61. The molecule has 0 heterocycles. The van der Waals surface area contributed by atoms with Crippen molar-refractivity contribution in [2.75, 3.05) is 5.75 Å². The number of hydrogen-bond acceptors (Lipinski definition) is 3. The maximum atomic E-state index is 12.2. The number of rotatable bonds is 3. The second-order valence-corrected chi connectivity index (χ2v) is 7.54. The molecule has 2 saturated carbocycles. The molecule has 0 amide bonds. The number of carbonyl (C=O) groups excluding carboxylic acids is 1. The van der Waals surface area contributed by atoms with Gasteiger partial charge in [0, 0.05) is 6.42 Å². The van der Waals surface area contributed by atoms with E-state index in [0.717, 1.165) is 6.42 Å². The molecule has 0 aromatic carbocycles. The molecule has 0 aromatic heterocycles. The van der Waals surface area contributed by atoms with E-state index >= 15 is 0 Å². The van der Waals surface area contributed by atoms with E-state index in [1.807, 2.05) is 13.8 Å². The second kappa shape index (κ2) is 3.69. The summed E-state index contributed by atoms with van der Waals surface area (Å²) < 4.78 is 27.1. The number of sulfonamides is 1. The van der Waals surface area contributed by atoms with Gasteiger partial charge in [-0.15, -0.1) is 4.40 Å². The molecule has 18 heavy (non-hydrogen) atoms. The predicted octanol–water partition coefficient (Wildman–Crippen LogP) is -0.0150. The summed E-state index contributed by atoms with van der Waals surface area (Å²) in [5.74, 6) is -0.443. The van der Waals surface area contributed by atoms with Crippen LogP contribution in [0.3, 0.4) is 0 Å². The zero-order valence-electron chi connectivity index (χ0n) is 10.6. The standard InChI is InChI=1S/C11H19N3O3S/c1-10(2)7-3-4-11(10,8(15)5-7)6-18(16,17)14-9(12)13/h7H,3-6H2,1-2H3,(H4,12,13,14)/t7-,11-/m0/s1. The van der Waals surface area contributed by atoms with Crippen LogP contribution in [-0.4, -0.2) is 25.9 Å². The van der Waals surface area contributed by atoms with Crippen LogP contribution >= 0.6 is 0 Å². The first-order valence-electron chi connectivity index (χ1n) is 5.98. The molecular weight excluding hydrogens is 254 g/mol. The summed E-state index contributed by atoms with van der Waals surface area (Å²) >= 11 is 0. The van der Waals surface area contributed by atoms with E-state index in [1.165, 1.54) is 0 Å². The Morgan fingerprint density at radius 3 is 2.44 bits per heavy atom. The maximum absolute atomic E-state index is 12.2. The highest BCUT2D eigenvalue weighted by Crippen LogP contribution is 2.64. The van der Waals surface area contributed by atoms with Crippen molar-refractivity contribution in [1.82, 2.24) is 0 Å². The Labute approximate surface area is 107 Å². The highest BCUT2D eigenvalue weighted by molar-refractivity contribution is 7.90. The normalized spacial score (nSPS) is 33.7. The zero-order chi connectivity index (χ0) is 13.8. The Kier molecular flexibility index (Phi) is 2.73. The summed E-state index contributed by atoms with van der Waals surface area (Å²) in [6.07, 6.45) is 1.99. The van der Waals surface area contributed by atoms with Crippen molar-refractivity contribution in [1.29, 1.82) is 0 Å². The molecule has 0 aliphatic heterocycles. The molecule has 0 saturated heterocycles. The summed E-state index contributed by atoms with van der Waals surface area (Å²) in [6.45, 7) is 3.95. The number of nitrogens with zero attached hydrogens (tertiary/aromatic N) is 1. The van der Waals surface area contributed by atoms with Gasteiger partial charge < -0.3 is 11.5 Å². The van der Waals surface area contributed by atoms with Crippen molar-refractivity contribution in [2.45, 2.75) is 33.1 Å². The third-order valence-corrected chi connectivity index (χ3v) is 6.16. The molecule has 2 aliphatic carbocycles. The van der Waals surface area contributed by atoms with E-state index in [2.05, 4.69) is 4.40 Å². The van der Waals surface area contributed by atoms with Crippen molar-refractivity contribution < 1.29 is 13.2 Å². The Balaban J connectivity index is 2.39. The molecule has 2 rings (SSSR count). The topological polar surface area (TPSA) is 116 Å². The summed E-state index contributed by atoms with van der Waals surface area (Å²) in [4.78, 5) is 12.2. The Hall–Kier alpha value is -1.11. The fourth-order valence-corrected chi connectivity index (χ4v) is 5.30. The number of guanidine groups is 1. The van der Waals surface area contributed by atoms with Crippen LogP contribution in [0.25, 0.3) is 0 Å². The van der Waals surface area contributed by atoms with Gasteiger partial charge in [-0.25, -0.2) is 8.42 Å². The fraction of sp³-hybridized carbons (Fsp3) is 0.818. The van der Waals surface area contributed by atoms with Gasteiger partial charge in [0.25, 0.3) is 10.0 Å². The van der Waals surface area contributed by atoms with Gasteiger partial charge in [0.1, 0.15) is 5.78 Å². The average molecular weight is 273 g/mol. The number of hydrogen-bond donors (Lipinski definition) is 2. The SMILES string of the molecule is CC1(C)[C@H]2CC[C@]1(CS(=O)(=O)N=C(N)N)C(=O)C2. The van der Waals surface area contributed by atoms with Gasteiger partial charge in [0.05, 0.1) is 11.2 Å². The first kappa shape index (κ1) is 13.3. The number of ketones is 1. The Morgan fingerprint density at radius 1 is 1.44 bits per heavy atom. The molecular formula is C11H19N3O3S. The van der Waals surface area contributed by atoms with Gasteiger partial charge in [-0.05, 0) is 24.2 Å². The van der Waals surface area contributed by atoms with Gasteiger partial charge in [-0.3, -0.25) is 4.79 Å².